The molecule has 0 saturated heterocycles. The van der Waals surface area contributed by atoms with E-state index in [-0.39, 0.29) is 35.7 Å². The molecule has 1 atom stereocenters. The number of hydrogen-bond donors (Lipinski definition) is 1. The first-order valence-corrected chi connectivity index (χ1v) is 12.5. The number of benzene rings is 3. The first-order chi connectivity index (χ1) is 17.8. The van der Waals surface area contributed by atoms with Gasteiger partial charge in [0.25, 0.3) is 0 Å². The number of carbonyl (C=O) groups excluding carboxylic acids is 1. The lowest BCUT2D eigenvalue weighted by Crippen LogP contribution is -2.44. The number of aromatic nitrogens is 1. The van der Waals surface area contributed by atoms with E-state index in [0.717, 1.165) is 35.3 Å². The predicted octanol–water partition coefficient (Wildman–Crippen LogP) is 8.43. The van der Waals surface area contributed by atoms with Gasteiger partial charge in [-0.05, 0) is 73.9 Å². The van der Waals surface area contributed by atoms with Gasteiger partial charge in [-0.2, -0.15) is 0 Å². The molecule has 0 fully saturated rings. The van der Waals surface area contributed by atoms with Gasteiger partial charge in [0.1, 0.15) is 11.6 Å². The Bertz CT molecular complexity index is 1420. The van der Waals surface area contributed by atoms with Gasteiger partial charge < -0.3 is 15.4 Å². The molecule has 4 aromatic rings. The van der Waals surface area contributed by atoms with Gasteiger partial charge in [-0.3, -0.25) is 4.79 Å². The molecular formula is C30H31Cl3FN3O2. The Hall–Kier alpha value is -3.32. The highest BCUT2D eigenvalue weighted by molar-refractivity contribution is 6.32. The van der Waals surface area contributed by atoms with Crippen LogP contribution >= 0.6 is 36.4 Å². The summed E-state index contributed by atoms with van der Waals surface area (Å²) < 4.78 is 19.9. The van der Waals surface area contributed by atoms with Gasteiger partial charge >= 0.3 is 0 Å². The third kappa shape index (κ3) is 6.82. The van der Waals surface area contributed by atoms with E-state index >= 15 is 0 Å². The highest BCUT2D eigenvalue weighted by atomic mass is 35.5. The summed E-state index contributed by atoms with van der Waals surface area (Å²) in [5, 5.41) is 0.270. The summed E-state index contributed by atoms with van der Waals surface area (Å²) >= 11 is 6.26. The van der Waals surface area contributed by atoms with Crippen molar-refractivity contribution in [3.8, 4) is 22.8 Å². The van der Waals surface area contributed by atoms with Crippen LogP contribution in [-0.4, -0.2) is 17.4 Å². The first-order valence-electron chi connectivity index (χ1n) is 12.1. The van der Waals surface area contributed by atoms with Gasteiger partial charge in [-0.25, -0.2) is 9.37 Å². The van der Waals surface area contributed by atoms with E-state index in [1.807, 2.05) is 30.3 Å². The lowest BCUT2D eigenvalue weighted by molar-refractivity contribution is 0.100. The van der Waals surface area contributed by atoms with Crippen molar-refractivity contribution in [1.82, 2.24) is 4.98 Å². The molecule has 1 aromatic heterocycles. The van der Waals surface area contributed by atoms with E-state index in [2.05, 4.69) is 36.7 Å². The number of para-hydroxylation sites is 1. The largest absolute Gasteiger partial charge is 0.437 e. The first kappa shape index (κ1) is 31.9. The molecule has 0 spiro atoms. The summed E-state index contributed by atoms with van der Waals surface area (Å²) in [7, 11) is 0. The van der Waals surface area contributed by atoms with Gasteiger partial charge in [0, 0.05) is 35.6 Å². The number of rotatable bonds is 9. The molecule has 2 N–H and O–H groups in total. The Labute approximate surface area is 246 Å². The Morgan fingerprint density at radius 2 is 1.77 bits per heavy atom. The van der Waals surface area contributed by atoms with Crippen LogP contribution in [-0.2, 0) is 5.54 Å². The van der Waals surface area contributed by atoms with Crippen LogP contribution in [0.5, 0.6) is 11.6 Å². The molecule has 0 bridgehead atoms. The van der Waals surface area contributed by atoms with Gasteiger partial charge in [0.15, 0.2) is 0 Å². The van der Waals surface area contributed by atoms with Gasteiger partial charge in [-0.1, -0.05) is 48.9 Å². The van der Waals surface area contributed by atoms with Crippen molar-refractivity contribution in [3.63, 3.8) is 0 Å². The maximum absolute atomic E-state index is 14.0. The van der Waals surface area contributed by atoms with E-state index in [1.165, 1.54) is 12.1 Å². The van der Waals surface area contributed by atoms with E-state index in [0.29, 0.717) is 17.2 Å². The van der Waals surface area contributed by atoms with E-state index < -0.39 is 11.4 Å². The maximum Gasteiger partial charge on any atom is 0.248 e. The highest BCUT2D eigenvalue weighted by Crippen LogP contribution is 2.41. The van der Waals surface area contributed by atoms with Gasteiger partial charge in [0.05, 0.1) is 10.6 Å². The van der Waals surface area contributed by atoms with Crippen LogP contribution in [0.25, 0.3) is 11.1 Å². The average molecular weight is 591 g/mol. The number of carbonyl (C=O) groups is 1. The predicted molar refractivity (Wildman–Crippen MR) is 161 cm³/mol. The lowest BCUT2D eigenvalue weighted by atomic mass is 9.87. The van der Waals surface area contributed by atoms with Crippen LogP contribution in [0.3, 0.4) is 0 Å². The van der Waals surface area contributed by atoms with E-state index in [4.69, 9.17) is 22.1 Å². The molecule has 0 aliphatic carbocycles. The SMILES string of the molecule is CCN(c1ccccc1-c1cccc(F)c1)C(C)(CC)c1ccc(Oc2ccc(C(N)=O)cc2Cl)nc1.Cl.Cl. The van der Waals surface area contributed by atoms with Crippen LogP contribution in [0.2, 0.25) is 5.02 Å². The number of ether oxygens (including phenoxy) is 1. The second-order valence-corrected chi connectivity index (χ2v) is 9.30. The molecule has 0 aliphatic rings. The van der Waals surface area contributed by atoms with Crippen molar-refractivity contribution in [2.45, 2.75) is 32.7 Å². The zero-order valence-corrected chi connectivity index (χ0v) is 24.2. The number of hydrogen-bond acceptors (Lipinski definition) is 4. The van der Waals surface area contributed by atoms with Crippen molar-refractivity contribution < 1.29 is 13.9 Å². The molecule has 9 heteroatoms. The molecule has 1 unspecified atom stereocenters. The lowest BCUT2D eigenvalue weighted by Gasteiger charge is -2.43. The molecule has 0 aliphatic heterocycles. The smallest absolute Gasteiger partial charge is 0.248 e. The number of amides is 1. The summed E-state index contributed by atoms with van der Waals surface area (Å²) in [5.74, 6) is -0.0736. The summed E-state index contributed by atoms with van der Waals surface area (Å²) in [6.07, 6.45) is 2.61. The van der Waals surface area contributed by atoms with Crippen LogP contribution in [0, 0.1) is 5.82 Å². The fourth-order valence-corrected chi connectivity index (χ4v) is 4.77. The molecule has 0 saturated carbocycles. The van der Waals surface area contributed by atoms with E-state index in [9.17, 15) is 9.18 Å². The highest BCUT2D eigenvalue weighted by Gasteiger charge is 2.33. The van der Waals surface area contributed by atoms with Crippen LogP contribution in [0.1, 0.15) is 43.1 Å². The van der Waals surface area contributed by atoms with Crippen LogP contribution in [0.4, 0.5) is 10.1 Å². The summed E-state index contributed by atoms with van der Waals surface area (Å²) in [4.78, 5) is 18.2. The summed E-state index contributed by atoms with van der Waals surface area (Å²) in [5.41, 5.74) is 9.03. The topological polar surface area (TPSA) is 68.5 Å². The Morgan fingerprint density at radius 3 is 2.36 bits per heavy atom. The minimum absolute atomic E-state index is 0. The molecule has 4 rings (SSSR count). The quantitative estimate of drug-likeness (QED) is 0.212. The number of nitrogens with two attached hydrogens (primary N) is 1. The summed E-state index contributed by atoms with van der Waals surface area (Å²) in [6, 6.07) is 23.1. The van der Waals surface area contributed by atoms with Crippen molar-refractivity contribution in [2.75, 3.05) is 11.4 Å². The molecule has 1 amide bonds. The average Bonchev–Trinajstić information content (AvgIpc) is 2.90. The van der Waals surface area contributed by atoms with Gasteiger partial charge in [0.2, 0.25) is 11.8 Å². The standard InChI is InChI=1S/C30H29ClFN3O2.2ClH/c1-4-30(3,35(5-2)26-12-7-6-11-24(26)20-9-8-10-23(32)17-20)22-14-16-28(34-19-22)37-27-15-13-21(29(33)36)18-25(27)31;;/h6-19H,4-5H2,1-3H3,(H2,33,36);2*1H. The Kier molecular flexibility index (Phi) is 11.2. The minimum Gasteiger partial charge on any atom is -0.437 e. The minimum atomic E-state index is -0.561. The van der Waals surface area contributed by atoms with Crippen molar-refractivity contribution in [2.24, 2.45) is 5.73 Å². The second kappa shape index (κ2) is 13.7. The van der Waals surface area contributed by atoms with Crippen molar-refractivity contribution in [1.29, 1.82) is 0 Å². The van der Waals surface area contributed by atoms with Crippen LogP contribution in [0.15, 0.2) is 85.1 Å². The maximum atomic E-state index is 14.0. The fourth-order valence-electron chi connectivity index (χ4n) is 4.55. The fraction of sp³-hybridized carbons (Fsp3) is 0.200. The van der Waals surface area contributed by atoms with Gasteiger partial charge in [-0.15, -0.1) is 24.8 Å². The number of primary amides is 1. The Balaban J connectivity index is 0.00000267. The molecule has 0 radical (unpaired) electrons. The number of anilines is 1. The monoisotopic (exact) mass is 589 g/mol. The zero-order chi connectivity index (χ0) is 26.6. The van der Waals surface area contributed by atoms with E-state index in [1.54, 1.807) is 36.5 Å². The summed E-state index contributed by atoms with van der Waals surface area (Å²) in [6.45, 7) is 7.16. The molecular weight excluding hydrogens is 560 g/mol. The number of nitrogens with zero attached hydrogens (tertiary/aromatic N) is 2. The van der Waals surface area contributed by atoms with Crippen LogP contribution < -0.4 is 15.4 Å². The normalized spacial score (nSPS) is 11.9. The third-order valence-corrected chi connectivity index (χ3v) is 7.02. The molecule has 206 valence electrons. The number of pyridine rings is 1. The Morgan fingerprint density at radius 1 is 1.03 bits per heavy atom. The number of halogens is 4. The zero-order valence-electron chi connectivity index (χ0n) is 21.9. The molecule has 39 heavy (non-hydrogen) atoms. The third-order valence-electron chi connectivity index (χ3n) is 6.72. The molecule has 1 heterocycles. The molecule has 5 nitrogen and oxygen atoms in total. The van der Waals surface area contributed by atoms with Crippen molar-refractivity contribution >= 4 is 48.0 Å². The van der Waals surface area contributed by atoms with Crippen molar-refractivity contribution in [3.05, 3.63) is 107 Å². The second-order valence-electron chi connectivity index (χ2n) is 8.90. The molecule has 3 aromatic carbocycles.